The summed E-state index contributed by atoms with van der Waals surface area (Å²) < 4.78 is 41.1. The third-order valence-electron chi connectivity index (χ3n) is 4.38. The molecule has 0 bridgehead atoms. The van der Waals surface area contributed by atoms with Crippen LogP contribution in [0.4, 0.5) is 18.0 Å². The highest BCUT2D eigenvalue weighted by Crippen LogP contribution is 2.44. The zero-order valence-corrected chi connectivity index (χ0v) is 14.4. The van der Waals surface area contributed by atoms with Gasteiger partial charge < -0.3 is 15.7 Å². The zero-order chi connectivity index (χ0) is 19.8. The first-order chi connectivity index (χ1) is 12.6. The number of nitrogens with one attached hydrogen (secondary N) is 2. The van der Waals surface area contributed by atoms with Crippen molar-refractivity contribution in [1.82, 2.24) is 10.6 Å². The summed E-state index contributed by atoms with van der Waals surface area (Å²) in [5, 5.41) is 14.5. The normalized spacial score (nSPS) is 25.4. The molecule has 3 rings (SSSR count). The molecule has 5 nitrogen and oxygen atoms in total. The first-order valence-corrected chi connectivity index (χ1v) is 8.24. The van der Waals surface area contributed by atoms with Crippen molar-refractivity contribution in [3.05, 3.63) is 70.7 Å². The van der Waals surface area contributed by atoms with Crippen LogP contribution in [0.5, 0.6) is 0 Å². The molecule has 27 heavy (non-hydrogen) atoms. The summed E-state index contributed by atoms with van der Waals surface area (Å²) >= 11 is 5.81. The standard InChI is InChI=1S/C18H14ClF3N2O3/c19-12-8-6-10(7-9-12)14-13(15(25)11-4-2-1-3-5-11)17(27,18(20,21)22)24-16(26)23-14/h1-9,13-14,27H,(H2,23,24,26). The molecule has 142 valence electrons. The maximum atomic E-state index is 13.7. The molecule has 2 aromatic rings. The lowest BCUT2D eigenvalue weighted by Crippen LogP contribution is -2.72. The molecule has 0 radical (unpaired) electrons. The summed E-state index contributed by atoms with van der Waals surface area (Å²) in [5.41, 5.74) is -3.57. The molecule has 1 aliphatic heterocycles. The van der Waals surface area contributed by atoms with E-state index in [-0.39, 0.29) is 11.1 Å². The summed E-state index contributed by atoms with van der Waals surface area (Å²) in [6.07, 6.45) is -5.29. The predicted octanol–water partition coefficient (Wildman–Crippen LogP) is 3.44. The number of aliphatic hydroxyl groups is 1. The molecule has 0 aliphatic carbocycles. The molecule has 9 heteroatoms. The Morgan fingerprint density at radius 3 is 2.22 bits per heavy atom. The van der Waals surface area contributed by atoms with Gasteiger partial charge in [-0.1, -0.05) is 54.1 Å². The Morgan fingerprint density at radius 1 is 1.07 bits per heavy atom. The lowest BCUT2D eigenvalue weighted by atomic mass is 9.77. The molecule has 3 N–H and O–H groups in total. The van der Waals surface area contributed by atoms with Gasteiger partial charge in [-0.15, -0.1) is 0 Å². The van der Waals surface area contributed by atoms with Crippen molar-refractivity contribution in [3.8, 4) is 0 Å². The highest BCUT2D eigenvalue weighted by atomic mass is 35.5. The molecular weight excluding hydrogens is 385 g/mol. The monoisotopic (exact) mass is 398 g/mol. The van der Waals surface area contributed by atoms with Gasteiger partial charge >= 0.3 is 12.2 Å². The SMILES string of the molecule is O=C1NC(c2ccc(Cl)cc2)C(C(=O)c2ccccc2)C(O)(C(F)(F)F)N1. The topological polar surface area (TPSA) is 78.4 Å². The van der Waals surface area contributed by atoms with E-state index in [9.17, 15) is 27.9 Å². The lowest BCUT2D eigenvalue weighted by molar-refractivity contribution is -0.287. The highest BCUT2D eigenvalue weighted by Gasteiger charge is 2.66. The fraction of sp³-hybridized carbons (Fsp3) is 0.222. The van der Waals surface area contributed by atoms with E-state index in [1.54, 1.807) is 6.07 Å². The van der Waals surface area contributed by atoms with Gasteiger partial charge in [0.05, 0.1) is 6.04 Å². The van der Waals surface area contributed by atoms with Crippen molar-refractivity contribution < 1.29 is 27.9 Å². The smallest absolute Gasteiger partial charge is 0.363 e. The van der Waals surface area contributed by atoms with E-state index in [0.29, 0.717) is 5.02 Å². The molecule has 0 aromatic heterocycles. The van der Waals surface area contributed by atoms with Gasteiger partial charge in [0.25, 0.3) is 0 Å². The number of Topliss-reactive ketones (excluding diaryl/α,β-unsaturated/α-hetero) is 1. The Labute approximate surface area is 157 Å². The Hall–Kier alpha value is -2.58. The van der Waals surface area contributed by atoms with E-state index in [4.69, 9.17) is 11.6 Å². The fourth-order valence-corrected chi connectivity index (χ4v) is 3.19. The van der Waals surface area contributed by atoms with Gasteiger partial charge in [-0.3, -0.25) is 4.79 Å². The van der Waals surface area contributed by atoms with Crippen LogP contribution in [0.15, 0.2) is 54.6 Å². The van der Waals surface area contributed by atoms with Gasteiger partial charge in [-0.25, -0.2) is 4.79 Å². The summed E-state index contributed by atoms with van der Waals surface area (Å²) in [4.78, 5) is 24.8. The average Bonchev–Trinajstić information content (AvgIpc) is 2.61. The molecule has 1 heterocycles. The van der Waals surface area contributed by atoms with Crippen LogP contribution in [0.1, 0.15) is 22.0 Å². The Balaban J connectivity index is 2.15. The van der Waals surface area contributed by atoms with E-state index < -0.39 is 35.7 Å². The van der Waals surface area contributed by atoms with E-state index in [2.05, 4.69) is 5.32 Å². The third-order valence-corrected chi connectivity index (χ3v) is 4.63. The molecule has 0 spiro atoms. The maximum Gasteiger partial charge on any atom is 0.437 e. The average molecular weight is 399 g/mol. The van der Waals surface area contributed by atoms with Gasteiger partial charge in [-0.05, 0) is 17.7 Å². The molecule has 0 saturated carbocycles. The Bertz CT molecular complexity index is 858. The maximum absolute atomic E-state index is 13.7. The van der Waals surface area contributed by atoms with Crippen molar-refractivity contribution in [1.29, 1.82) is 0 Å². The van der Waals surface area contributed by atoms with Crippen LogP contribution in [0.3, 0.4) is 0 Å². The van der Waals surface area contributed by atoms with Crippen LogP contribution in [0, 0.1) is 5.92 Å². The summed E-state index contributed by atoms with van der Waals surface area (Å²) in [6, 6.07) is 10.2. The van der Waals surface area contributed by atoms with Gasteiger partial charge in [0.1, 0.15) is 5.92 Å². The number of alkyl halides is 3. The minimum atomic E-state index is -5.29. The summed E-state index contributed by atoms with van der Waals surface area (Å²) in [6.45, 7) is 0. The number of benzene rings is 2. The number of hydrogen-bond donors (Lipinski definition) is 3. The van der Waals surface area contributed by atoms with Crippen LogP contribution >= 0.6 is 11.6 Å². The number of carbonyl (C=O) groups is 2. The number of ketones is 1. The third kappa shape index (κ3) is 3.50. The second-order valence-electron chi connectivity index (χ2n) is 6.10. The molecule has 1 fully saturated rings. The van der Waals surface area contributed by atoms with E-state index >= 15 is 0 Å². The van der Waals surface area contributed by atoms with Crippen molar-refractivity contribution in [2.75, 3.05) is 0 Å². The van der Waals surface area contributed by atoms with Gasteiger partial charge in [0.15, 0.2) is 5.78 Å². The second-order valence-corrected chi connectivity index (χ2v) is 6.54. The van der Waals surface area contributed by atoms with Crippen LogP contribution in [-0.2, 0) is 0 Å². The van der Waals surface area contributed by atoms with Gasteiger partial charge in [-0.2, -0.15) is 13.2 Å². The zero-order valence-electron chi connectivity index (χ0n) is 13.6. The number of carbonyl (C=O) groups excluding carboxylic acids is 2. The predicted molar refractivity (Wildman–Crippen MR) is 91.1 cm³/mol. The van der Waals surface area contributed by atoms with Crippen molar-refractivity contribution in [2.24, 2.45) is 5.92 Å². The molecule has 2 aromatic carbocycles. The van der Waals surface area contributed by atoms with E-state index in [1.807, 2.05) is 0 Å². The van der Waals surface area contributed by atoms with Crippen LogP contribution in [0.25, 0.3) is 0 Å². The van der Waals surface area contributed by atoms with Crippen molar-refractivity contribution >= 4 is 23.4 Å². The minimum Gasteiger partial charge on any atom is -0.363 e. The van der Waals surface area contributed by atoms with Crippen molar-refractivity contribution in [2.45, 2.75) is 17.9 Å². The molecule has 3 atom stereocenters. The van der Waals surface area contributed by atoms with Crippen molar-refractivity contribution in [3.63, 3.8) is 0 Å². The van der Waals surface area contributed by atoms with E-state index in [0.717, 1.165) is 0 Å². The first-order valence-electron chi connectivity index (χ1n) is 7.86. The molecule has 1 aliphatic rings. The largest absolute Gasteiger partial charge is 0.437 e. The Kier molecular flexibility index (Phi) is 4.88. The van der Waals surface area contributed by atoms with Crippen LogP contribution < -0.4 is 10.6 Å². The summed E-state index contributed by atoms with van der Waals surface area (Å²) in [7, 11) is 0. The second kappa shape index (κ2) is 6.86. The number of halogens is 4. The highest BCUT2D eigenvalue weighted by molar-refractivity contribution is 6.30. The van der Waals surface area contributed by atoms with Crippen LogP contribution in [0.2, 0.25) is 5.02 Å². The molecule has 3 unspecified atom stereocenters. The first kappa shape index (κ1) is 19.2. The summed E-state index contributed by atoms with van der Waals surface area (Å²) in [5.74, 6) is -3.03. The minimum absolute atomic E-state index is 0.0258. The quantitative estimate of drug-likeness (QED) is 0.693. The lowest BCUT2D eigenvalue weighted by Gasteiger charge is -2.45. The van der Waals surface area contributed by atoms with Crippen LogP contribution in [-0.4, -0.2) is 28.8 Å². The van der Waals surface area contributed by atoms with Gasteiger partial charge in [0.2, 0.25) is 5.72 Å². The van der Waals surface area contributed by atoms with Gasteiger partial charge in [0, 0.05) is 10.6 Å². The fourth-order valence-electron chi connectivity index (χ4n) is 3.07. The molecule has 1 saturated heterocycles. The molecule has 2 amide bonds. The number of amides is 2. The number of urea groups is 1. The number of hydrogen-bond acceptors (Lipinski definition) is 3. The van der Waals surface area contributed by atoms with E-state index in [1.165, 1.54) is 53.8 Å². The number of rotatable bonds is 3. The molecular formula is C18H14ClF3N2O3. The Morgan fingerprint density at radius 2 is 1.67 bits per heavy atom.